The number of aromatic nitrogens is 1. The lowest BCUT2D eigenvalue weighted by atomic mass is 9.97. The number of fused-ring (bicyclic) bond motifs is 1. The van der Waals surface area contributed by atoms with Gasteiger partial charge >= 0.3 is 0 Å². The second-order valence-corrected chi connectivity index (χ2v) is 9.10. The fraction of sp³-hybridized carbons (Fsp3) is 0.360. The van der Waals surface area contributed by atoms with Crippen LogP contribution in [-0.4, -0.2) is 16.8 Å². The molecule has 0 aliphatic heterocycles. The third kappa shape index (κ3) is 4.37. The third-order valence-corrected chi connectivity index (χ3v) is 6.88. The van der Waals surface area contributed by atoms with Gasteiger partial charge in [0, 0.05) is 11.3 Å². The van der Waals surface area contributed by atoms with E-state index in [1.165, 1.54) is 16.9 Å². The maximum atomic E-state index is 13.1. The van der Waals surface area contributed by atoms with Crippen LogP contribution in [0.15, 0.2) is 30.3 Å². The van der Waals surface area contributed by atoms with Gasteiger partial charge in [-0.3, -0.25) is 9.59 Å². The number of nitrogens with zero attached hydrogens (tertiary/aromatic N) is 2. The summed E-state index contributed by atoms with van der Waals surface area (Å²) in [5, 5.41) is 15.3. The first-order chi connectivity index (χ1) is 15.5. The maximum Gasteiger partial charge on any atom is 0.255 e. The van der Waals surface area contributed by atoms with Crippen molar-refractivity contribution in [3.05, 3.63) is 52.6 Å². The predicted octanol–water partition coefficient (Wildman–Crippen LogP) is 5.33. The van der Waals surface area contributed by atoms with Crippen molar-refractivity contribution in [2.45, 2.75) is 46.5 Å². The summed E-state index contributed by atoms with van der Waals surface area (Å²) in [6.07, 6.45) is 3.27. The van der Waals surface area contributed by atoms with E-state index in [-0.39, 0.29) is 23.7 Å². The Balaban J connectivity index is 1.54. The van der Waals surface area contributed by atoms with Crippen LogP contribution in [0.4, 0.5) is 10.8 Å². The zero-order chi connectivity index (χ0) is 22.8. The quantitative estimate of drug-likeness (QED) is 0.512. The molecule has 32 heavy (non-hydrogen) atoms. The highest BCUT2D eigenvalue weighted by Gasteiger charge is 2.43. The van der Waals surface area contributed by atoms with Gasteiger partial charge in [-0.2, -0.15) is 5.26 Å². The lowest BCUT2D eigenvalue weighted by Crippen LogP contribution is -2.15. The zero-order valence-corrected chi connectivity index (χ0v) is 19.3. The standard InChI is InChI=1S/C25H26N4O2S/c1-4-14-9-15(5-2)22(16(6-3)10-14)28-23(30)17-7-8-20-21(12-17)32-25(27-20)29-24(31)19-11-18(19)13-26/h7-10,12,18-19H,4-6,11H2,1-3H3,(H,28,30)(H,27,29,31). The summed E-state index contributed by atoms with van der Waals surface area (Å²) in [7, 11) is 0. The predicted molar refractivity (Wildman–Crippen MR) is 128 cm³/mol. The van der Waals surface area contributed by atoms with Crippen LogP contribution in [0.5, 0.6) is 0 Å². The first-order valence-electron chi connectivity index (χ1n) is 11.0. The summed E-state index contributed by atoms with van der Waals surface area (Å²) in [4.78, 5) is 29.7. The molecule has 1 heterocycles. The maximum absolute atomic E-state index is 13.1. The molecule has 1 aromatic heterocycles. The van der Waals surface area contributed by atoms with E-state index in [0.717, 1.165) is 46.3 Å². The number of thiazole rings is 1. The van der Waals surface area contributed by atoms with Gasteiger partial charge in [-0.25, -0.2) is 4.98 Å². The molecule has 2 aromatic carbocycles. The molecule has 2 amide bonds. The summed E-state index contributed by atoms with van der Waals surface area (Å²) in [6, 6.07) is 11.8. The Kier molecular flexibility index (Phi) is 6.24. The molecule has 2 atom stereocenters. The first kappa shape index (κ1) is 22.0. The van der Waals surface area contributed by atoms with Crippen molar-refractivity contribution in [2.75, 3.05) is 10.6 Å². The molecule has 1 aliphatic rings. The molecule has 0 radical (unpaired) electrons. The monoisotopic (exact) mass is 446 g/mol. The molecule has 0 spiro atoms. The van der Waals surface area contributed by atoms with Crippen LogP contribution in [0.1, 0.15) is 54.2 Å². The van der Waals surface area contributed by atoms with E-state index in [1.54, 1.807) is 12.1 Å². The highest BCUT2D eigenvalue weighted by molar-refractivity contribution is 7.22. The van der Waals surface area contributed by atoms with E-state index in [1.807, 2.05) is 6.07 Å². The van der Waals surface area contributed by atoms with E-state index in [9.17, 15) is 9.59 Å². The van der Waals surface area contributed by atoms with E-state index in [2.05, 4.69) is 54.6 Å². The molecule has 164 valence electrons. The fourth-order valence-electron chi connectivity index (χ4n) is 3.89. The minimum absolute atomic E-state index is 0.158. The number of nitrogens with one attached hydrogen (secondary N) is 2. The van der Waals surface area contributed by atoms with Crippen molar-refractivity contribution in [3.63, 3.8) is 0 Å². The van der Waals surface area contributed by atoms with Crippen molar-refractivity contribution in [2.24, 2.45) is 11.8 Å². The van der Waals surface area contributed by atoms with Gasteiger partial charge in [0.05, 0.1) is 28.1 Å². The van der Waals surface area contributed by atoms with Gasteiger partial charge in [-0.15, -0.1) is 0 Å². The van der Waals surface area contributed by atoms with Gasteiger partial charge in [-0.1, -0.05) is 44.2 Å². The SMILES string of the molecule is CCc1cc(CC)c(NC(=O)c2ccc3nc(NC(=O)C4CC4C#N)sc3c2)c(CC)c1. The molecule has 1 fully saturated rings. The van der Waals surface area contributed by atoms with Gasteiger partial charge in [0.25, 0.3) is 5.91 Å². The Labute approximate surface area is 191 Å². The molecule has 4 rings (SSSR count). The number of carbonyl (C=O) groups excluding carboxylic acids is 2. The van der Waals surface area contributed by atoms with Crippen molar-refractivity contribution >= 4 is 44.2 Å². The number of benzene rings is 2. The second kappa shape index (κ2) is 9.09. The van der Waals surface area contributed by atoms with Crippen LogP contribution in [0.2, 0.25) is 0 Å². The lowest BCUT2D eigenvalue weighted by molar-refractivity contribution is -0.117. The topological polar surface area (TPSA) is 94.9 Å². The Morgan fingerprint density at radius 3 is 2.41 bits per heavy atom. The minimum atomic E-state index is -0.243. The van der Waals surface area contributed by atoms with Crippen molar-refractivity contribution in [3.8, 4) is 6.07 Å². The molecule has 1 saturated carbocycles. The number of amides is 2. The van der Waals surface area contributed by atoms with Crippen LogP contribution in [0.25, 0.3) is 10.2 Å². The van der Waals surface area contributed by atoms with Gasteiger partial charge in [0.15, 0.2) is 5.13 Å². The van der Waals surface area contributed by atoms with Crippen LogP contribution in [0, 0.1) is 23.2 Å². The number of aryl methyl sites for hydroxylation is 3. The van der Waals surface area contributed by atoms with E-state index in [4.69, 9.17) is 5.26 Å². The van der Waals surface area contributed by atoms with Crippen molar-refractivity contribution < 1.29 is 9.59 Å². The minimum Gasteiger partial charge on any atom is -0.321 e. The summed E-state index contributed by atoms with van der Waals surface area (Å²) >= 11 is 1.33. The molecule has 2 N–H and O–H groups in total. The van der Waals surface area contributed by atoms with Crippen LogP contribution < -0.4 is 10.6 Å². The average Bonchev–Trinajstić information content (AvgIpc) is 3.50. The molecular weight excluding hydrogens is 420 g/mol. The fourth-order valence-corrected chi connectivity index (χ4v) is 4.80. The molecule has 0 bridgehead atoms. The van der Waals surface area contributed by atoms with Gasteiger partial charge < -0.3 is 10.6 Å². The van der Waals surface area contributed by atoms with Crippen molar-refractivity contribution in [1.29, 1.82) is 5.26 Å². The molecule has 2 unspecified atom stereocenters. The van der Waals surface area contributed by atoms with Crippen LogP contribution >= 0.6 is 11.3 Å². The van der Waals surface area contributed by atoms with E-state index < -0.39 is 0 Å². The normalized spacial score (nSPS) is 17.1. The lowest BCUT2D eigenvalue weighted by Gasteiger charge is -2.16. The molecule has 7 heteroatoms. The Bertz CT molecular complexity index is 1220. The first-order valence-corrected chi connectivity index (χ1v) is 11.9. The Hall–Kier alpha value is -3.24. The number of anilines is 2. The van der Waals surface area contributed by atoms with Gasteiger partial charge in [0.2, 0.25) is 5.91 Å². The third-order valence-electron chi connectivity index (χ3n) is 5.94. The van der Waals surface area contributed by atoms with Crippen LogP contribution in [0.3, 0.4) is 0 Å². The van der Waals surface area contributed by atoms with Gasteiger partial charge in [-0.05, 0) is 60.6 Å². The average molecular weight is 447 g/mol. The zero-order valence-electron chi connectivity index (χ0n) is 18.5. The second-order valence-electron chi connectivity index (χ2n) is 8.07. The smallest absolute Gasteiger partial charge is 0.255 e. The van der Waals surface area contributed by atoms with Gasteiger partial charge in [0.1, 0.15) is 0 Å². The summed E-state index contributed by atoms with van der Waals surface area (Å²) in [5.74, 6) is -0.752. The molecule has 3 aromatic rings. The highest BCUT2D eigenvalue weighted by atomic mass is 32.1. The summed E-state index contributed by atoms with van der Waals surface area (Å²) in [6.45, 7) is 6.34. The molecule has 1 aliphatic carbocycles. The van der Waals surface area contributed by atoms with Crippen LogP contribution in [-0.2, 0) is 24.1 Å². The largest absolute Gasteiger partial charge is 0.321 e. The Morgan fingerprint density at radius 1 is 1.09 bits per heavy atom. The Morgan fingerprint density at radius 2 is 1.81 bits per heavy atom. The number of hydrogen-bond acceptors (Lipinski definition) is 5. The molecular formula is C25H26N4O2S. The molecule has 6 nitrogen and oxygen atoms in total. The summed E-state index contributed by atoms with van der Waals surface area (Å²) < 4.78 is 0.827. The van der Waals surface area contributed by atoms with E-state index >= 15 is 0 Å². The highest BCUT2D eigenvalue weighted by Crippen LogP contribution is 2.39. The number of nitriles is 1. The number of carbonyl (C=O) groups is 2. The van der Waals surface area contributed by atoms with Crippen molar-refractivity contribution in [1.82, 2.24) is 4.98 Å². The molecule has 0 saturated heterocycles. The summed E-state index contributed by atoms with van der Waals surface area (Å²) in [5.41, 5.74) is 5.76. The van der Waals surface area contributed by atoms with E-state index in [0.29, 0.717) is 17.1 Å². The number of rotatable bonds is 7. The number of hydrogen-bond donors (Lipinski definition) is 2.